The van der Waals surface area contributed by atoms with E-state index in [9.17, 15) is 19.5 Å². The molecule has 0 unspecified atom stereocenters. The summed E-state index contributed by atoms with van der Waals surface area (Å²) in [4.78, 5) is 40.6. The molecule has 0 bridgehead atoms. The maximum Gasteiger partial charge on any atom is 0.348 e. The minimum Gasteiger partial charge on any atom is -0.477 e. The number of nitrogens with one attached hydrogen (secondary N) is 1. The lowest BCUT2D eigenvalue weighted by Gasteiger charge is -2.33. The monoisotopic (exact) mass is 508 g/mol. The van der Waals surface area contributed by atoms with Crippen molar-refractivity contribution in [3.05, 3.63) is 58.9 Å². The van der Waals surface area contributed by atoms with Crippen LogP contribution in [0.15, 0.2) is 46.9 Å². The number of anilines is 2. The summed E-state index contributed by atoms with van der Waals surface area (Å²) in [5.41, 5.74) is 1.86. The summed E-state index contributed by atoms with van der Waals surface area (Å²) in [5, 5.41) is 12.7. The van der Waals surface area contributed by atoms with Crippen LogP contribution in [0.5, 0.6) is 0 Å². The molecule has 2 N–H and O–H groups in total. The second-order valence-corrected chi connectivity index (χ2v) is 10.9. The van der Waals surface area contributed by atoms with E-state index in [1.807, 2.05) is 26.0 Å². The number of aryl methyl sites for hydroxylation is 1. The maximum atomic E-state index is 13.5. The lowest BCUT2D eigenvalue weighted by Crippen LogP contribution is -2.42. The van der Waals surface area contributed by atoms with Crippen molar-refractivity contribution in [3.63, 3.8) is 0 Å². The fourth-order valence-electron chi connectivity index (χ4n) is 4.68. The van der Waals surface area contributed by atoms with E-state index in [-0.39, 0.29) is 34.4 Å². The fourth-order valence-corrected chi connectivity index (χ4v) is 5.67. The van der Waals surface area contributed by atoms with E-state index in [0.717, 1.165) is 47.5 Å². The number of rotatable bonds is 7. The zero-order chi connectivity index (χ0) is 26.0. The van der Waals surface area contributed by atoms with Gasteiger partial charge < -0.3 is 19.7 Å². The van der Waals surface area contributed by atoms with Gasteiger partial charge in [0, 0.05) is 22.5 Å². The molecule has 4 rings (SSSR count). The van der Waals surface area contributed by atoms with Gasteiger partial charge in [-0.3, -0.25) is 9.59 Å². The predicted octanol–water partition coefficient (Wildman–Crippen LogP) is 6.83. The molecule has 1 aromatic carbocycles. The zero-order valence-electron chi connectivity index (χ0n) is 21.0. The summed E-state index contributed by atoms with van der Waals surface area (Å²) in [7, 11) is 0. The number of benzene rings is 1. The molecule has 2 heterocycles. The normalized spacial score (nSPS) is 17.7. The van der Waals surface area contributed by atoms with Crippen LogP contribution in [-0.4, -0.2) is 28.9 Å². The van der Waals surface area contributed by atoms with Crippen LogP contribution >= 0.6 is 11.3 Å². The predicted molar refractivity (Wildman–Crippen MR) is 142 cm³/mol. The summed E-state index contributed by atoms with van der Waals surface area (Å²) >= 11 is 1.15. The number of carboxylic acids is 1. The molecular formula is C28H32N2O5S. The SMILES string of the molecule is Cc1ccc(C(=O)Nc2ccc(-c3cc(N(C(=O)C4CCC(C)CC4)C(C)C)c(C(=O)O)s3)cc2)o1. The van der Waals surface area contributed by atoms with Gasteiger partial charge >= 0.3 is 5.97 Å². The van der Waals surface area contributed by atoms with Gasteiger partial charge in [0.25, 0.3) is 5.91 Å². The third-order valence-corrected chi connectivity index (χ3v) is 7.84. The van der Waals surface area contributed by atoms with Crippen molar-refractivity contribution >= 4 is 40.5 Å². The third-order valence-electron chi connectivity index (χ3n) is 6.68. The Bertz CT molecular complexity index is 1250. The number of carbonyl (C=O) groups excluding carboxylic acids is 2. The molecule has 7 nitrogen and oxygen atoms in total. The van der Waals surface area contributed by atoms with Crippen LogP contribution in [0.1, 0.15) is 72.4 Å². The molecule has 1 saturated carbocycles. The average molecular weight is 509 g/mol. The van der Waals surface area contributed by atoms with Gasteiger partial charge in [0.15, 0.2) is 5.76 Å². The van der Waals surface area contributed by atoms with Gasteiger partial charge in [0.2, 0.25) is 5.91 Å². The number of amides is 2. The van der Waals surface area contributed by atoms with Crippen LogP contribution in [0.3, 0.4) is 0 Å². The number of nitrogens with zero attached hydrogens (tertiary/aromatic N) is 1. The summed E-state index contributed by atoms with van der Waals surface area (Å²) in [6, 6.07) is 12.2. The molecule has 1 aliphatic rings. The molecular weight excluding hydrogens is 476 g/mol. The summed E-state index contributed by atoms with van der Waals surface area (Å²) in [5.74, 6) is 0.0612. The first-order valence-electron chi connectivity index (χ1n) is 12.3. The highest BCUT2D eigenvalue weighted by atomic mass is 32.1. The zero-order valence-corrected chi connectivity index (χ0v) is 21.9. The highest BCUT2D eigenvalue weighted by Gasteiger charge is 2.33. The van der Waals surface area contributed by atoms with Crippen LogP contribution < -0.4 is 10.2 Å². The Hall–Kier alpha value is -3.39. The largest absolute Gasteiger partial charge is 0.477 e. The Kier molecular flexibility index (Phi) is 7.64. The molecule has 8 heteroatoms. The molecule has 36 heavy (non-hydrogen) atoms. The van der Waals surface area contributed by atoms with E-state index in [0.29, 0.717) is 23.1 Å². The number of carboxylic acid groups (broad SMARTS) is 1. The summed E-state index contributed by atoms with van der Waals surface area (Å²) < 4.78 is 5.36. The number of aromatic carboxylic acids is 1. The Morgan fingerprint density at radius 3 is 2.28 bits per heavy atom. The van der Waals surface area contributed by atoms with Crippen LogP contribution in [0.4, 0.5) is 11.4 Å². The van der Waals surface area contributed by atoms with Crippen molar-refractivity contribution in [2.45, 2.75) is 59.4 Å². The second kappa shape index (κ2) is 10.7. The fraction of sp³-hybridized carbons (Fsp3) is 0.393. The average Bonchev–Trinajstić information content (AvgIpc) is 3.47. The number of thiophene rings is 1. The van der Waals surface area contributed by atoms with Crippen LogP contribution in [-0.2, 0) is 4.79 Å². The topological polar surface area (TPSA) is 99.9 Å². The minimum absolute atomic E-state index is 0.00923. The first-order chi connectivity index (χ1) is 17.1. The van der Waals surface area contributed by atoms with Crippen LogP contribution in [0.2, 0.25) is 0 Å². The molecule has 0 saturated heterocycles. The van der Waals surface area contributed by atoms with Crippen molar-refractivity contribution in [1.29, 1.82) is 0 Å². The number of hydrogen-bond donors (Lipinski definition) is 2. The first-order valence-corrected chi connectivity index (χ1v) is 13.1. The summed E-state index contributed by atoms with van der Waals surface area (Å²) in [6.45, 7) is 7.83. The molecule has 0 aliphatic heterocycles. The van der Waals surface area contributed by atoms with Gasteiger partial charge in [0.1, 0.15) is 10.6 Å². The van der Waals surface area contributed by atoms with Crippen LogP contribution in [0.25, 0.3) is 10.4 Å². The first kappa shape index (κ1) is 25.7. The number of hydrogen-bond acceptors (Lipinski definition) is 5. The highest BCUT2D eigenvalue weighted by Crippen LogP contribution is 2.40. The molecule has 0 spiro atoms. The van der Waals surface area contributed by atoms with Gasteiger partial charge in [-0.05, 0) is 88.3 Å². The molecule has 190 valence electrons. The standard InChI is InChI=1S/C28H32N2O5S/c1-16(2)30(27(32)20-8-5-17(3)6-9-20)22-15-24(36-25(22)28(33)34)19-10-12-21(13-11-19)29-26(31)23-14-7-18(4)35-23/h7,10-17,20H,5-6,8-9H2,1-4H3,(H,29,31)(H,33,34). The van der Waals surface area contributed by atoms with E-state index >= 15 is 0 Å². The Labute approximate surface area is 215 Å². The smallest absolute Gasteiger partial charge is 0.348 e. The van der Waals surface area contributed by atoms with E-state index in [1.54, 1.807) is 42.2 Å². The maximum absolute atomic E-state index is 13.5. The Balaban J connectivity index is 1.58. The van der Waals surface area contributed by atoms with Gasteiger partial charge in [-0.25, -0.2) is 4.79 Å². The van der Waals surface area contributed by atoms with E-state index < -0.39 is 5.97 Å². The van der Waals surface area contributed by atoms with Gasteiger partial charge in [-0.1, -0.05) is 19.1 Å². The van der Waals surface area contributed by atoms with Crippen LogP contribution in [0, 0.1) is 18.8 Å². The second-order valence-electron chi connectivity index (χ2n) is 9.83. The van der Waals surface area contributed by atoms with Gasteiger partial charge in [-0.2, -0.15) is 0 Å². The van der Waals surface area contributed by atoms with E-state index in [1.165, 1.54) is 0 Å². The number of carbonyl (C=O) groups is 3. The van der Waals surface area contributed by atoms with E-state index in [4.69, 9.17) is 4.42 Å². The van der Waals surface area contributed by atoms with E-state index in [2.05, 4.69) is 12.2 Å². The molecule has 1 fully saturated rings. The van der Waals surface area contributed by atoms with Crippen molar-refractivity contribution in [2.24, 2.45) is 11.8 Å². The molecule has 0 atom stereocenters. The lowest BCUT2D eigenvalue weighted by atomic mass is 9.82. The van der Waals surface area contributed by atoms with Crippen molar-refractivity contribution in [1.82, 2.24) is 0 Å². The van der Waals surface area contributed by atoms with Crippen molar-refractivity contribution < 1.29 is 23.9 Å². The van der Waals surface area contributed by atoms with Gasteiger partial charge in [-0.15, -0.1) is 11.3 Å². The quantitative estimate of drug-likeness (QED) is 0.364. The summed E-state index contributed by atoms with van der Waals surface area (Å²) in [6.07, 6.45) is 3.72. The molecule has 0 radical (unpaired) electrons. The Morgan fingerprint density at radius 2 is 1.72 bits per heavy atom. The Morgan fingerprint density at radius 1 is 1.06 bits per heavy atom. The van der Waals surface area contributed by atoms with Crippen molar-refractivity contribution in [2.75, 3.05) is 10.2 Å². The third kappa shape index (κ3) is 5.54. The van der Waals surface area contributed by atoms with Gasteiger partial charge in [0.05, 0.1) is 5.69 Å². The van der Waals surface area contributed by atoms with Crippen molar-refractivity contribution in [3.8, 4) is 10.4 Å². The molecule has 2 amide bonds. The molecule has 2 aromatic heterocycles. The lowest BCUT2D eigenvalue weighted by molar-refractivity contribution is -0.123. The molecule has 3 aromatic rings. The molecule has 1 aliphatic carbocycles. The minimum atomic E-state index is -1.05. The highest BCUT2D eigenvalue weighted by molar-refractivity contribution is 7.18. The number of furan rings is 1.